The zero-order valence-electron chi connectivity index (χ0n) is 11.8. The van der Waals surface area contributed by atoms with E-state index in [0.29, 0.717) is 23.6 Å². The van der Waals surface area contributed by atoms with Gasteiger partial charge in [-0.05, 0) is 37.0 Å². The van der Waals surface area contributed by atoms with Gasteiger partial charge in [-0.3, -0.25) is 4.79 Å². The summed E-state index contributed by atoms with van der Waals surface area (Å²) in [7, 11) is 0. The van der Waals surface area contributed by atoms with Crippen LogP contribution in [0.25, 0.3) is 0 Å². The summed E-state index contributed by atoms with van der Waals surface area (Å²) in [6, 6.07) is 3.96. The number of carbonyl (C=O) groups excluding carboxylic acids is 1. The number of nitrogens with one attached hydrogen (secondary N) is 1. The summed E-state index contributed by atoms with van der Waals surface area (Å²) in [6.07, 6.45) is 1.93. The van der Waals surface area contributed by atoms with Crippen LogP contribution in [0.2, 0.25) is 0 Å². The predicted octanol–water partition coefficient (Wildman–Crippen LogP) is 1.29. The van der Waals surface area contributed by atoms with Crippen molar-refractivity contribution < 1.29 is 13.9 Å². The lowest BCUT2D eigenvalue weighted by Crippen LogP contribution is -2.26. The Labute approximate surface area is 123 Å². The van der Waals surface area contributed by atoms with Crippen molar-refractivity contribution in [2.75, 3.05) is 26.3 Å². The van der Waals surface area contributed by atoms with Crippen LogP contribution in [0.3, 0.4) is 0 Å². The standard InChI is InChI=1S/C16H19FN2O2/c17-14-3-4-15(13(10-14)2-1-7-18)16(20)19-8-5-12-6-9-21-11-12/h3-4,10,12H,5-9,11,18H2,(H,19,20). The highest BCUT2D eigenvalue weighted by molar-refractivity contribution is 5.96. The molecule has 2 rings (SSSR count). The van der Waals surface area contributed by atoms with Crippen molar-refractivity contribution in [2.45, 2.75) is 12.8 Å². The van der Waals surface area contributed by atoms with Crippen LogP contribution >= 0.6 is 0 Å². The average Bonchev–Trinajstić information content (AvgIpc) is 2.98. The van der Waals surface area contributed by atoms with Gasteiger partial charge < -0.3 is 15.8 Å². The van der Waals surface area contributed by atoms with Crippen molar-refractivity contribution >= 4 is 5.91 Å². The number of hydrogen-bond donors (Lipinski definition) is 2. The number of ether oxygens (including phenoxy) is 1. The molecule has 1 heterocycles. The fourth-order valence-corrected chi connectivity index (χ4v) is 2.26. The first-order chi connectivity index (χ1) is 10.2. The largest absolute Gasteiger partial charge is 0.381 e. The summed E-state index contributed by atoms with van der Waals surface area (Å²) >= 11 is 0. The van der Waals surface area contributed by atoms with Crippen LogP contribution in [0.15, 0.2) is 18.2 Å². The van der Waals surface area contributed by atoms with E-state index in [-0.39, 0.29) is 12.5 Å². The molecule has 0 aromatic heterocycles. The van der Waals surface area contributed by atoms with Gasteiger partial charge in [-0.1, -0.05) is 11.8 Å². The molecule has 1 aromatic rings. The summed E-state index contributed by atoms with van der Waals surface area (Å²) in [4.78, 5) is 12.1. The van der Waals surface area contributed by atoms with E-state index in [1.54, 1.807) is 0 Å². The van der Waals surface area contributed by atoms with Gasteiger partial charge in [0.05, 0.1) is 12.1 Å². The summed E-state index contributed by atoms with van der Waals surface area (Å²) in [5.41, 5.74) is 6.05. The number of hydrogen-bond acceptors (Lipinski definition) is 3. The van der Waals surface area contributed by atoms with Crippen LogP contribution in [0.1, 0.15) is 28.8 Å². The van der Waals surface area contributed by atoms with Crippen LogP contribution in [0, 0.1) is 23.6 Å². The van der Waals surface area contributed by atoms with Crippen molar-refractivity contribution in [1.82, 2.24) is 5.32 Å². The first-order valence-corrected chi connectivity index (χ1v) is 7.05. The number of carbonyl (C=O) groups is 1. The summed E-state index contributed by atoms with van der Waals surface area (Å²) in [5.74, 6) is 5.22. The Hall–Kier alpha value is -1.90. The van der Waals surface area contributed by atoms with E-state index in [2.05, 4.69) is 17.2 Å². The molecule has 1 aliphatic rings. The molecule has 1 saturated heterocycles. The molecule has 0 aliphatic carbocycles. The fraction of sp³-hybridized carbons (Fsp3) is 0.438. The lowest BCUT2D eigenvalue weighted by atomic mass is 10.0. The molecule has 5 heteroatoms. The Bertz CT molecular complexity index is 557. The number of amides is 1. The minimum absolute atomic E-state index is 0.166. The van der Waals surface area contributed by atoms with Crippen LogP contribution in [-0.4, -0.2) is 32.2 Å². The first kappa shape index (κ1) is 15.5. The third-order valence-electron chi connectivity index (χ3n) is 3.41. The molecule has 21 heavy (non-hydrogen) atoms. The second-order valence-electron chi connectivity index (χ2n) is 4.97. The molecule has 1 aliphatic heterocycles. The number of rotatable bonds is 4. The monoisotopic (exact) mass is 290 g/mol. The maximum atomic E-state index is 13.2. The summed E-state index contributed by atoms with van der Waals surface area (Å²) < 4.78 is 18.5. The third kappa shape index (κ3) is 4.55. The van der Waals surface area contributed by atoms with Gasteiger partial charge in [-0.25, -0.2) is 4.39 Å². The Morgan fingerprint density at radius 1 is 1.52 bits per heavy atom. The highest BCUT2D eigenvalue weighted by Crippen LogP contribution is 2.15. The minimum atomic E-state index is -0.420. The molecule has 1 atom stereocenters. The van der Waals surface area contributed by atoms with Gasteiger partial charge in [0.1, 0.15) is 5.82 Å². The Morgan fingerprint density at radius 2 is 2.38 bits per heavy atom. The quantitative estimate of drug-likeness (QED) is 0.821. The van der Waals surface area contributed by atoms with Crippen LogP contribution in [0.5, 0.6) is 0 Å². The fourth-order valence-electron chi connectivity index (χ4n) is 2.26. The highest BCUT2D eigenvalue weighted by Gasteiger charge is 2.16. The summed E-state index contributed by atoms with van der Waals surface area (Å²) in [5, 5.41) is 2.85. The predicted molar refractivity (Wildman–Crippen MR) is 78.2 cm³/mol. The lowest BCUT2D eigenvalue weighted by Gasteiger charge is -2.10. The maximum Gasteiger partial charge on any atom is 0.252 e. The molecule has 1 unspecified atom stereocenters. The number of benzene rings is 1. The Morgan fingerprint density at radius 3 is 3.10 bits per heavy atom. The van der Waals surface area contributed by atoms with E-state index in [1.165, 1.54) is 18.2 Å². The zero-order chi connectivity index (χ0) is 15.1. The van der Waals surface area contributed by atoms with Crippen LogP contribution < -0.4 is 11.1 Å². The first-order valence-electron chi connectivity index (χ1n) is 7.05. The topological polar surface area (TPSA) is 64.4 Å². The average molecular weight is 290 g/mol. The van der Waals surface area contributed by atoms with Crippen molar-refractivity contribution in [3.63, 3.8) is 0 Å². The van der Waals surface area contributed by atoms with Gasteiger partial charge in [0.25, 0.3) is 5.91 Å². The van der Waals surface area contributed by atoms with Gasteiger partial charge in [0, 0.05) is 25.3 Å². The van der Waals surface area contributed by atoms with Gasteiger partial charge in [-0.2, -0.15) is 0 Å². The Balaban J connectivity index is 1.97. The molecule has 0 bridgehead atoms. The molecule has 1 fully saturated rings. The second kappa shape index (κ2) is 7.77. The van der Waals surface area contributed by atoms with E-state index in [4.69, 9.17) is 10.5 Å². The van der Waals surface area contributed by atoms with Crippen molar-refractivity contribution in [1.29, 1.82) is 0 Å². The van der Waals surface area contributed by atoms with Crippen molar-refractivity contribution in [2.24, 2.45) is 11.7 Å². The second-order valence-corrected chi connectivity index (χ2v) is 4.97. The van der Waals surface area contributed by atoms with Gasteiger partial charge in [-0.15, -0.1) is 0 Å². The van der Waals surface area contributed by atoms with E-state index in [9.17, 15) is 9.18 Å². The SMILES string of the molecule is NCC#Cc1cc(F)ccc1C(=O)NCCC1CCOC1. The molecule has 0 saturated carbocycles. The zero-order valence-corrected chi connectivity index (χ0v) is 11.8. The molecule has 1 amide bonds. The van der Waals surface area contributed by atoms with E-state index in [1.807, 2.05) is 0 Å². The maximum absolute atomic E-state index is 13.2. The molecule has 0 radical (unpaired) electrons. The van der Waals surface area contributed by atoms with E-state index in [0.717, 1.165) is 26.1 Å². The third-order valence-corrected chi connectivity index (χ3v) is 3.41. The molecule has 1 aromatic carbocycles. The number of halogens is 1. The van der Waals surface area contributed by atoms with E-state index >= 15 is 0 Å². The minimum Gasteiger partial charge on any atom is -0.381 e. The Kier molecular flexibility index (Phi) is 5.73. The molecular weight excluding hydrogens is 271 g/mol. The van der Waals surface area contributed by atoms with Crippen molar-refractivity contribution in [3.05, 3.63) is 35.1 Å². The summed E-state index contributed by atoms with van der Waals surface area (Å²) in [6.45, 7) is 2.31. The molecule has 3 N–H and O–H groups in total. The molecular formula is C16H19FN2O2. The highest BCUT2D eigenvalue weighted by atomic mass is 19.1. The molecule has 112 valence electrons. The van der Waals surface area contributed by atoms with Crippen molar-refractivity contribution in [3.8, 4) is 11.8 Å². The van der Waals surface area contributed by atoms with Crippen LogP contribution in [0.4, 0.5) is 4.39 Å². The van der Waals surface area contributed by atoms with Crippen LogP contribution in [-0.2, 0) is 4.74 Å². The van der Waals surface area contributed by atoms with E-state index < -0.39 is 5.82 Å². The number of nitrogens with two attached hydrogens (primary N) is 1. The lowest BCUT2D eigenvalue weighted by molar-refractivity contribution is 0.0950. The molecule has 0 spiro atoms. The van der Waals surface area contributed by atoms with Gasteiger partial charge >= 0.3 is 0 Å². The smallest absolute Gasteiger partial charge is 0.252 e. The van der Waals surface area contributed by atoms with Gasteiger partial charge in [0.15, 0.2) is 0 Å². The normalized spacial score (nSPS) is 17.1. The van der Waals surface area contributed by atoms with Gasteiger partial charge in [0.2, 0.25) is 0 Å². The molecule has 4 nitrogen and oxygen atoms in total.